The van der Waals surface area contributed by atoms with Crippen molar-refractivity contribution in [3.05, 3.63) is 77.0 Å². The number of aliphatic hydroxyl groups is 1. The Balaban J connectivity index is 1.59. The van der Waals surface area contributed by atoms with Crippen molar-refractivity contribution in [3.8, 4) is 5.69 Å². The van der Waals surface area contributed by atoms with Gasteiger partial charge < -0.3 is 15.2 Å². The van der Waals surface area contributed by atoms with Crippen molar-refractivity contribution in [2.45, 2.75) is 44.8 Å². The largest absolute Gasteiger partial charge is 0.390 e. The molecule has 1 aliphatic rings. The first kappa shape index (κ1) is 27.7. The zero-order chi connectivity index (χ0) is 27.4. The van der Waals surface area contributed by atoms with E-state index in [9.17, 15) is 18.7 Å². The number of rotatable bonds is 9. The van der Waals surface area contributed by atoms with E-state index in [1.165, 1.54) is 6.07 Å². The highest BCUT2D eigenvalue weighted by Gasteiger charge is 2.35. The maximum absolute atomic E-state index is 14.0. The van der Waals surface area contributed by atoms with Gasteiger partial charge in [-0.05, 0) is 50.6 Å². The lowest BCUT2D eigenvalue weighted by molar-refractivity contribution is 0.0797. The van der Waals surface area contributed by atoms with Gasteiger partial charge in [-0.3, -0.25) is 10.2 Å². The van der Waals surface area contributed by atoms with Gasteiger partial charge >= 0.3 is 6.03 Å². The summed E-state index contributed by atoms with van der Waals surface area (Å²) in [5, 5.41) is 21.1. The average Bonchev–Trinajstić information content (AvgIpc) is 3.40. The number of nitrogens with zero attached hydrogens (tertiary/aromatic N) is 3. The van der Waals surface area contributed by atoms with Crippen molar-refractivity contribution in [3.63, 3.8) is 0 Å². The van der Waals surface area contributed by atoms with Crippen LogP contribution in [-0.2, 0) is 11.2 Å². The molecular formula is C28H35F2N5O3. The zero-order valence-electron chi connectivity index (χ0n) is 22.2. The van der Waals surface area contributed by atoms with Crippen molar-refractivity contribution < 1.29 is 23.4 Å². The highest BCUT2D eigenvalue weighted by molar-refractivity contribution is 5.90. The number of ether oxygens (including phenoxy) is 1. The van der Waals surface area contributed by atoms with Gasteiger partial charge in [-0.2, -0.15) is 5.10 Å². The average molecular weight is 528 g/mol. The molecule has 204 valence electrons. The van der Waals surface area contributed by atoms with Crippen LogP contribution in [0.25, 0.3) is 5.69 Å². The summed E-state index contributed by atoms with van der Waals surface area (Å²) in [5.41, 5.74) is 1.82. The van der Waals surface area contributed by atoms with Crippen molar-refractivity contribution in [2.24, 2.45) is 0 Å². The zero-order valence-corrected chi connectivity index (χ0v) is 22.2. The number of carbonyl (C=O) groups is 1. The number of likely N-dealkylation sites (tertiary alicyclic amines) is 1. The number of aromatic nitrogens is 2. The van der Waals surface area contributed by atoms with E-state index < -0.39 is 23.3 Å². The first-order valence-corrected chi connectivity index (χ1v) is 12.7. The highest BCUT2D eigenvalue weighted by Crippen LogP contribution is 2.30. The van der Waals surface area contributed by atoms with Crippen molar-refractivity contribution in [2.75, 3.05) is 38.7 Å². The predicted molar refractivity (Wildman–Crippen MR) is 142 cm³/mol. The quantitative estimate of drug-likeness (QED) is 0.391. The number of halogens is 2. The Kier molecular flexibility index (Phi) is 8.44. The summed E-state index contributed by atoms with van der Waals surface area (Å²) in [6.45, 7) is 7.54. The van der Waals surface area contributed by atoms with Gasteiger partial charge in [-0.25, -0.2) is 18.3 Å². The number of hydrogen-bond donors (Lipinski definition) is 3. The lowest BCUT2D eigenvalue weighted by atomic mass is 9.94. The van der Waals surface area contributed by atoms with E-state index in [1.54, 1.807) is 31.7 Å². The molecule has 2 aromatic carbocycles. The third-order valence-electron chi connectivity index (χ3n) is 6.75. The van der Waals surface area contributed by atoms with Gasteiger partial charge in [0.15, 0.2) is 11.6 Å². The van der Waals surface area contributed by atoms with Crippen LogP contribution in [0.1, 0.15) is 36.6 Å². The van der Waals surface area contributed by atoms with Crippen LogP contribution in [0.15, 0.2) is 48.5 Å². The minimum atomic E-state index is -0.979. The SMILES string of the molecule is COCCN1C[C@@H](NC(=O)Nc2c(C)c(CC(C)(C)O)nn2-c2ccccc2)[C@H](c2ccc(F)c(F)c2)C1. The van der Waals surface area contributed by atoms with Gasteiger partial charge in [0.1, 0.15) is 5.82 Å². The van der Waals surface area contributed by atoms with Gasteiger partial charge in [0, 0.05) is 44.6 Å². The number of nitrogens with one attached hydrogen (secondary N) is 2. The Labute approximate surface area is 221 Å². The Hall–Kier alpha value is -3.34. The van der Waals surface area contributed by atoms with Gasteiger partial charge in [0.05, 0.1) is 29.6 Å². The Morgan fingerprint density at radius 3 is 2.55 bits per heavy atom. The normalized spacial score (nSPS) is 18.1. The minimum absolute atomic E-state index is 0.237. The van der Waals surface area contributed by atoms with Crippen LogP contribution >= 0.6 is 0 Å². The molecule has 0 saturated carbocycles. The number of benzene rings is 2. The molecule has 0 bridgehead atoms. The van der Waals surface area contributed by atoms with Gasteiger partial charge in [0.25, 0.3) is 0 Å². The summed E-state index contributed by atoms with van der Waals surface area (Å²) in [7, 11) is 1.62. The molecule has 38 heavy (non-hydrogen) atoms. The molecule has 0 unspecified atom stereocenters. The Morgan fingerprint density at radius 1 is 1.16 bits per heavy atom. The second-order valence-corrected chi connectivity index (χ2v) is 10.4. The third-order valence-corrected chi connectivity index (χ3v) is 6.75. The molecule has 0 aliphatic carbocycles. The summed E-state index contributed by atoms with van der Waals surface area (Å²) >= 11 is 0. The number of hydrogen-bond acceptors (Lipinski definition) is 5. The summed E-state index contributed by atoms with van der Waals surface area (Å²) in [5.74, 6) is -1.57. The number of amides is 2. The second kappa shape index (κ2) is 11.6. The van der Waals surface area contributed by atoms with Crippen LogP contribution in [-0.4, -0.2) is 70.8 Å². The minimum Gasteiger partial charge on any atom is -0.390 e. The lowest BCUT2D eigenvalue weighted by Gasteiger charge is -2.21. The molecule has 1 saturated heterocycles. The molecule has 2 heterocycles. The van der Waals surface area contributed by atoms with E-state index in [-0.39, 0.29) is 12.0 Å². The number of carbonyl (C=O) groups excluding carboxylic acids is 1. The van der Waals surface area contributed by atoms with Crippen LogP contribution in [0.5, 0.6) is 0 Å². The highest BCUT2D eigenvalue weighted by atomic mass is 19.2. The van der Waals surface area contributed by atoms with Crippen LogP contribution in [0.4, 0.5) is 19.4 Å². The Morgan fingerprint density at radius 2 is 1.89 bits per heavy atom. The molecular weight excluding hydrogens is 492 g/mol. The van der Waals surface area contributed by atoms with E-state index >= 15 is 0 Å². The van der Waals surface area contributed by atoms with E-state index in [2.05, 4.69) is 15.5 Å². The third kappa shape index (κ3) is 6.56. The monoisotopic (exact) mass is 527 g/mol. The Bertz CT molecular complexity index is 1260. The van der Waals surface area contributed by atoms with Crippen molar-refractivity contribution in [1.82, 2.24) is 20.0 Å². The van der Waals surface area contributed by atoms with E-state index in [1.807, 2.05) is 37.3 Å². The van der Waals surface area contributed by atoms with Gasteiger partial charge in [0.2, 0.25) is 0 Å². The van der Waals surface area contributed by atoms with E-state index in [4.69, 9.17) is 9.84 Å². The molecule has 3 aromatic rings. The molecule has 8 nitrogen and oxygen atoms in total. The fraction of sp³-hybridized carbons (Fsp3) is 0.429. The van der Waals surface area contributed by atoms with Crippen molar-refractivity contribution in [1.29, 1.82) is 0 Å². The number of methoxy groups -OCH3 is 1. The molecule has 3 N–H and O–H groups in total. The predicted octanol–water partition coefficient (Wildman–Crippen LogP) is 4.01. The summed E-state index contributed by atoms with van der Waals surface area (Å²) in [4.78, 5) is 15.5. The number of anilines is 1. The smallest absolute Gasteiger partial charge is 0.320 e. The number of para-hydroxylation sites is 1. The first-order chi connectivity index (χ1) is 18.1. The summed E-state index contributed by atoms with van der Waals surface area (Å²) < 4.78 is 34.5. The lowest BCUT2D eigenvalue weighted by Crippen LogP contribution is -2.42. The fourth-order valence-corrected chi connectivity index (χ4v) is 4.85. The van der Waals surface area contributed by atoms with Crippen LogP contribution in [0, 0.1) is 18.6 Å². The van der Waals surface area contributed by atoms with Crippen LogP contribution in [0.3, 0.4) is 0 Å². The van der Waals surface area contributed by atoms with E-state index in [0.717, 1.165) is 17.3 Å². The maximum Gasteiger partial charge on any atom is 0.320 e. The van der Waals surface area contributed by atoms with Gasteiger partial charge in [-0.15, -0.1) is 0 Å². The molecule has 0 spiro atoms. The molecule has 1 aliphatic heterocycles. The molecule has 1 aromatic heterocycles. The fourth-order valence-electron chi connectivity index (χ4n) is 4.85. The molecule has 10 heteroatoms. The summed E-state index contributed by atoms with van der Waals surface area (Å²) in [6, 6.07) is 12.5. The van der Waals surface area contributed by atoms with E-state index in [0.29, 0.717) is 49.7 Å². The standard InChI is InChI=1S/C28H35F2N5O3/c1-18-24(15-28(2,3)37)33-35(20-8-6-5-7-9-20)26(18)32-27(36)31-25-17-34(12-13-38-4)16-21(25)19-10-11-22(29)23(30)14-19/h5-11,14,21,25,37H,12-13,15-17H2,1-4H3,(H2,31,32,36)/t21-,25+/m0/s1. The topological polar surface area (TPSA) is 91.7 Å². The van der Waals surface area contributed by atoms with Gasteiger partial charge in [-0.1, -0.05) is 24.3 Å². The summed E-state index contributed by atoms with van der Waals surface area (Å²) in [6.07, 6.45) is 0.310. The van der Waals surface area contributed by atoms with Crippen LogP contribution < -0.4 is 10.6 Å². The molecule has 2 atom stereocenters. The number of urea groups is 1. The molecule has 1 fully saturated rings. The second-order valence-electron chi connectivity index (χ2n) is 10.4. The first-order valence-electron chi connectivity index (χ1n) is 12.7. The molecule has 0 radical (unpaired) electrons. The maximum atomic E-state index is 14.0. The molecule has 4 rings (SSSR count). The molecule has 2 amide bonds. The van der Waals surface area contributed by atoms with Crippen LogP contribution in [0.2, 0.25) is 0 Å². The van der Waals surface area contributed by atoms with Crippen molar-refractivity contribution >= 4 is 11.8 Å².